The number of fused-ring (bicyclic) bond motifs is 5. The van der Waals surface area contributed by atoms with E-state index in [9.17, 15) is 5.11 Å². The third-order valence-electron chi connectivity index (χ3n) is 12.6. The zero-order valence-electron chi connectivity index (χ0n) is 25.7. The molecule has 1 heterocycles. The van der Waals surface area contributed by atoms with Gasteiger partial charge in [-0.2, -0.15) is 0 Å². The van der Waals surface area contributed by atoms with E-state index in [-0.39, 0.29) is 16.4 Å². The molecule has 4 aliphatic rings. The summed E-state index contributed by atoms with van der Waals surface area (Å²) in [4.78, 5) is 0. The van der Waals surface area contributed by atoms with Crippen LogP contribution in [0.25, 0.3) is 0 Å². The van der Waals surface area contributed by atoms with Gasteiger partial charge in [-0.3, -0.25) is 0 Å². The standard InChI is InChI=1S/C33H54O4Si/c1-30(2,3)38(8,9)36-21-24-11-15-29(37-24)33(6,34)28-14-13-26-25-12-10-22-20-23(35-7)16-18-31(22,4)27(25)17-19-32(26,28)5/h10-11,15,23,25-28,34H,12-14,16-21H2,1-9H3/t23-,25-,26-,27-,28-,31-,32-,33+/m0/s1. The van der Waals surface area contributed by atoms with E-state index in [4.69, 9.17) is 13.6 Å². The third kappa shape index (κ3) is 4.52. The Kier molecular flexibility index (Phi) is 7.23. The van der Waals surface area contributed by atoms with E-state index in [1.165, 1.54) is 38.5 Å². The molecule has 0 bridgehead atoms. The first kappa shape index (κ1) is 28.6. The van der Waals surface area contributed by atoms with Gasteiger partial charge in [0.1, 0.15) is 17.1 Å². The predicted octanol–water partition coefficient (Wildman–Crippen LogP) is 8.60. The Balaban J connectivity index is 1.33. The molecule has 4 nitrogen and oxygen atoms in total. The van der Waals surface area contributed by atoms with Crippen LogP contribution < -0.4 is 0 Å². The van der Waals surface area contributed by atoms with Crippen molar-refractivity contribution in [3.63, 3.8) is 0 Å². The van der Waals surface area contributed by atoms with E-state index in [1.54, 1.807) is 5.57 Å². The SMILES string of the molecule is CO[C@H]1CC[C@@]2(C)C(=CC[C@H]3[C@@H]4CC[C@H]([C@@](C)(O)c5ccc(CO[Si](C)(C)C(C)(C)C)o5)[C@@]4(C)CC[C@@H]32)C1. The van der Waals surface area contributed by atoms with E-state index in [1.807, 2.05) is 26.2 Å². The molecule has 4 aliphatic carbocycles. The molecule has 1 N–H and O–H groups in total. The van der Waals surface area contributed by atoms with Crippen LogP contribution in [0.3, 0.4) is 0 Å². The summed E-state index contributed by atoms with van der Waals surface area (Å²) in [6, 6.07) is 4.03. The van der Waals surface area contributed by atoms with Gasteiger partial charge >= 0.3 is 0 Å². The maximum Gasteiger partial charge on any atom is 0.192 e. The minimum Gasteiger partial charge on any atom is -0.461 e. The molecular formula is C33H54O4Si. The van der Waals surface area contributed by atoms with E-state index < -0.39 is 13.9 Å². The highest BCUT2D eigenvalue weighted by Gasteiger charge is 2.62. The summed E-state index contributed by atoms with van der Waals surface area (Å²) in [5, 5.41) is 12.3. The highest BCUT2D eigenvalue weighted by Crippen LogP contribution is 2.68. The average Bonchev–Trinajstić information content (AvgIpc) is 3.46. The Hall–Kier alpha value is -0.883. The van der Waals surface area contributed by atoms with Crippen LogP contribution in [0.5, 0.6) is 0 Å². The summed E-state index contributed by atoms with van der Waals surface area (Å²) < 4.78 is 18.5. The fourth-order valence-corrected chi connectivity index (χ4v) is 10.1. The second-order valence-corrected chi connectivity index (χ2v) is 20.3. The predicted molar refractivity (Wildman–Crippen MR) is 156 cm³/mol. The molecule has 0 aromatic carbocycles. The summed E-state index contributed by atoms with van der Waals surface area (Å²) in [7, 11) is 0.0137. The van der Waals surface area contributed by atoms with E-state index in [0.29, 0.717) is 24.0 Å². The van der Waals surface area contributed by atoms with E-state index in [0.717, 1.165) is 36.2 Å². The molecule has 5 rings (SSSR count). The van der Waals surface area contributed by atoms with Crippen LogP contribution >= 0.6 is 0 Å². The molecule has 0 spiro atoms. The van der Waals surface area contributed by atoms with Crippen LogP contribution in [0.15, 0.2) is 28.2 Å². The van der Waals surface area contributed by atoms with Crippen LogP contribution in [0, 0.1) is 34.5 Å². The van der Waals surface area contributed by atoms with Crippen molar-refractivity contribution in [3.05, 3.63) is 35.3 Å². The summed E-state index contributed by atoms with van der Waals surface area (Å²) >= 11 is 0. The van der Waals surface area contributed by atoms with Gasteiger partial charge in [-0.15, -0.1) is 0 Å². The van der Waals surface area contributed by atoms with E-state index in [2.05, 4.69) is 53.8 Å². The monoisotopic (exact) mass is 542 g/mol. The molecule has 0 radical (unpaired) electrons. The molecule has 3 fully saturated rings. The van der Waals surface area contributed by atoms with Crippen molar-refractivity contribution in [2.24, 2.45) is 34.5 Å². The highest BCUT2D eigenvalue weighted by molar-refractivity contribution is 6.74. The van der Waals surface area contributed by atoms with Crippen molar-refractivity contribution in [1.29, 1.82) is 0 Å². The number of methoxy groups -OCH3 is 1. The van der Waals surface area contributed by atoms with Crippen molar-refractivity contribution < 1.29 is 18.7 Å². The van der Waals surface area contributed by atoms with Gasteiger partial charge in [-0.25, -0.2) is 0 Å². The number of hydrogen-bond acceptors (Lipinski definition) is 4. The molecule has 3 saturated carbocycles. The first-order valence-electron chi connectivity index (χ1n) is 15.3. The molecular weight excluding hydrogens is 488 g/mol. The van der Waals surface area contributed by atoms with Gasteiger partial charge in [-0.1, -0.05) is 46.3 Å². The normalized spacial score (nSPS) is 39.1. The van der Waals surface area contributed by atoms with Gasteiger partial charge in [0.2, 0.25) is 0 Å². The number of hydrogen-bond donors (Lipinski definition) is 1. The van der Waals surface area contributed by atoms with Crippen molar-refractivity contribution in [3.8, 4) is 0 Å². The summed E-state index contributed by atoms with van der Waals surface area (Å²) in [6.45, 7) is 18.9. The molecule has 5 heteroatoms. The van der Waals surface area contributed by atoms with Gasteiger partial charge in [0.05, 0.1) is 12.7 Å². The zero-order valence-corrected chi connectivity index (χ0v) is 26.7. The summed E-state index contributed by atoms with van der Waals surface area (Å²) in [6.07, 6.45) is 12.6. The number of furan rings is 1. The van der Waals surface area contributed by atoms with Crippen molar-refractivity contribution in [2.75, 3.05) is 7.11 Å². The molecule has 38 heavy (non-hydrogen) atoms. The van der Waals surface area contributed by atoms with Crippen LogP contribution in [-0.4, -0.2) is 26.6 Å². The lowest BCUT2D eigenvalue weighted by atomic mass is 9.46. The van der Waals surface area contributed by atoms with Crippen LogP contribution in [-0.2, 0) is 21.4 Å². The van der Waals surface area contributed by atoms with Crippen LogP contribution in [0.4, 0.5) is 0 Å². The average molecular weight is 543 g/mol. The van der Waals surface area contributed by atoms with Gasteiger partial charge in [0.15, 0.2) is 8.32 Å². The van der Waals surface area contributed by atoms with Crippen molar-refractivity contribution in [1.82, 2.24) is 0 Å². The lowest BCUT2D eigenvalue weighted by Crippen LogP contribution is -2.52. The zero-order chi connectivity index (χ0) is 27.7. The maximum absolute atomic E-state index is 12.1. The van der Waals surface area contributed by atoms with Gasteiger partial charge in [-0.05, 0) is 117 Å². The number of ether oxygens (including phenoxy) is 1. The second kappa shape index (κ2) is 9.60. The van der Waals surface area contributed by atoms with Crippen molar-refractivity contribution in [2.45, 2.75) is 129 Å². The highest BCUT2D eigenvalue weighted by atomic mass is 28.4. The molecule has 0 unspecified atom stereocenters. The molecule has 0 saturated heterocycles. The van der Waals surface area contributed by atoms with Crippen LogP contribution in [0.1, 0.15) is 104 Å². The molecule has 214 valence electrons. The first-order valence-corrected chi connectivity index (χ1v) is 18.2. The molecule has 8 atom stereocenters. The smallest absolute Gasteiger partial charge is 0.192 e. The summed E-state index contributed by atoms with van der Waals surface area (Å²) in [5.41, 5.74) is 1.17. The lowest BCUT2D eigenvalue weighted by molar-refractivity contribution is -0.114. The maximum atomic E-state index is 12.1. The Morgan fingerprint density at radius 3 is 2.45 bits per heavy atom. The van der Waals surface area contributed by atoms with Gasteiger partial charge in [0, 0.05) is 13.0 Å². The van der Waals surface area contributed by atoms with Crippen LogP contribution in [0.2, 0.25) is 18.1 Å². The van der Waals surface area contributed by atoms with Gasteiger partial charge < -0.3 is 18.7 Å². The van der Waals surface area contributed by atoms with E-state index >= 15 is 0 Å². The summed E-state index contributed by atoms with van der Waals surface area (Å²) in [5.74, 6) is 3.93. The largest absolute Gasteiger partial charge is 0.461 e. The topological polar surface area (TPSA) is 51.8 Å². The molecule has 0 amide bonds. The first-order chi connectivity index (χ1) is 17.6. The number of allylic oxidation sites excluding steroid dienone is 1. The molecule has 0 aliphatic heterocycles. The molecule has 1 aromatic rings. The Bertz CT molecular complexity index is 1050. The minimum absolute atomic E-state index is 0.140. The van der Waals surface area contributed by atoms with Crippen molar-refractivity contribution >= 4 is 8.32 Å². The quantitative estimate of drug-likeness (QED) is 0.289. The second-order valence-electron chi connectivity index (χ2n) is 15.5. The Morgan fingerprint density at radius 1 is 1.03 bits per heavy atom. The van der Waals surface area contributed by atoms with Gasteiger partial charge in [0.25, 0.3) is 0 Å². The Morgan fingerprint density at radius 2 is 1.76 bits per heavy atom. The number of rotatable bonds is 6. The Labute approximate surface area is 233 Å². The fourth-order valence-electron chi connectivity index (χ4n) is 9.12. The fraction of sp³-hybridized carbons (Fsp3) is 0.818. The minimum atomic E-state index is -1.86. The lowest BCUT2D eigenvalue weighted by Gasteiger charge is -2.58. The third-order valence-corrected chi connectivity index (χ3v) is 17.1. The molecule has 1 aromatic heterocycles. The number of aliphatic hydroxyl groups is 1.